The SMILES string of the molecule is CC(C)(C)P1P(Cl)P(C(C)(C)C)P1Cl. The lowest BCUT2D eigenvalue weighted by atomic mass is 10.3. The molecular formula is C8H18Cl2P4. The van der Waals surface area contributed by atoms with Gasteiger partial charge in [-0.25, -0.2) is 0 Å². The molecule has 0 nitrogen and oxygen atoms in total. The van der Waals surface area contributed by atoms with Gasteiger partial charge >= 0.3 is 0 Å². The number of hydrogen-bond donors (Lipinski definition) is 0. The molecule has 0 aromatic rings. The summed E-state index contributed by atoms with van der Waals surface area (Å²) in [4.78, 5) is 0. The van der Waals surface area contributed by atoms with Gasteiger partial charge in [0, 0.05) is 0 Å². The third-order valence-electron chi connectivity index (χ3n) is 1.83. The lowest BCUT2D eigenvalue weighted by molar-refractivity contribution is 0.795. The minimum absolute atomic E-state index is 0.0756. The van der Waals surface area contributed by atoms with Crippen molar-refractivity contribution in [3.8, 4) is 0 Å². The van der Waals surface area contributed by atoms with Crippen molar-refractivity contribution < 1.29 is 0 Å². The number of hydrogen-bond acceptors (Lipinski definition) is 0. The van der Waals surface area contributed by atoms with E-state index in [4.69, 9.17) is 22.5 Å². The van der Waals surface area contributed by atoms with Crippen LogP contribution in [-0.4, -0.2) is 10.3 Å². The van der Waals surface area contributed by atoms with Crippen molar-refractivity contribution in [1.29, 1.82) is 0 Å². The van der Waals surface area contributed by atoms with Crippen molar-refractivity contribution in [3.63, 3.8) is 0 Å². The van der Waals surface area contributed by atoms with E-state index in [0.29, 0.717) is 10.3 Å². The highest BCUT2D eigenvalue weighted by molar-refractivity contribution is 9.16. The second kappa shape index (κ2) is 4.52. The zero-order valence-electron chi connectivity index (χ0n) is 9.54. The molecular weight excluding hydrogens is 291 g/mol. The lowest BCUT2D eigenvalue weighted by Gasteiger charge is -2.56. The number of halogens is 2. The van der Waals surface area contributed by atoms with Crippen molar-refractivity contribution >= 4 is 50.4 Å². The van der Waals surface area contributed by atoms with E-state index in [0.717, 1.165) is 0 Å². The highest BCUT2D eigenvalue weighted by Crippen LogP contribution is 3.26. The largest absolute Gasteiger partial charge is 0.0854 e. The van der Waals surface area contributed by atoms with Crippen LogP contribution in [0.4, 0.5) is 0 Å². The molecule has 84 valence electrons. The average Bonchev–Trinajstić information content (AvgIpc) is 1.78. The topological polar surface area (TPSA) is 0 Å². The zero-order valence-corrected chi connectivity index (χ0v) is 14.6. The van der Waals surface area contributed by atoms with Crippen LogP contribution in [-0.2, 0) is 0 Å². The Morgan fingerprint density at radius 1 is 0.643 bits per heavy atom. The molecule has 0 aromatic carbocycles. The fraction of sp³-hybridized carbons (Fsp3) is 1.00. The van der Waals surface area contributed by atoms with E-state index >= 15 is 0 Å². The lowest BCUT2D eigenvalue weighted by Crippen LogP contribution is -2.16. The van der Waals surface area contributed by atoms with E-state index in [1.54, 1.807) is 0 Å². The van der Waals surface area contributed by atoms with E-state index in [1.165, 1.54) is 0 Å². The molecule has 0 amide bonds. The summed E-state index contributed by atoms with van der Waals surface area (Å²) in [5.74, 6) is 0. The van der Waals surface area contributed by atoms with Gasteiger partial charge in [0.05, 0.1) is 13.3 Å². The first-order chi connectivity index (χ1) is 6.07. The van der Waals surface area contributed by atoms with Crippen molar-refractivity contribution in [2.24, 2.45) is 0 Å². The Bertz CT molecular complexity index is 188. The molecule has 0 spiro atoms. The Kier molecular flexibility index (Phi) is 4.64. The summed E-state index contributed by atoms with van der Waals surface area (Å²) in [6.45, 7) is 13.2. The standard InChI is InChI=1S/C8H18Cl2P4/c1-7(2,3)11-13(9)12(14(11)10)8(4,5)6/h1-6H3. The average molecular weight is 309 g/mol. The first kappa shape index (κ1) is 14.4. The molecule has 1 heterocycles. The Balaban J connectivity index is 2.76. The van der Waals surface area contributed by atoms with Crippen molar-refractivity contribution in [3.05, 3.63) is 0 Å². The van der Waals surface area contributed by atoms with Gasteiger partial charge in [0.2, 0.25) is 0 Å². The molecule has 0 aliphatic carbocycles. The van der Waals surface area contributed by atoms with Crippen LogP contribution in [0.2, 0.25) is 0 Å². The Morgan fingerprint density at radius 3 is 1.00 bits per heavy atom. The Morgan fingerprint density at radius 2 is 0.857 bits per heavy atom. The van der Waals surface area contributed by atoms with Crippen LogP contribution in [0.1, 0.15) is 41.5 Å². The van der Waals surface area contributed by atoms with Crippen molar-refractivity contribution in [2.45, 2.75) is 51.9 Å². The summed E-state index contributed by atoms with van der Waals surface area (Å²) in [7, 11) is -0.151. The van der Waals surface area contributed by atoms with Gasteiger partial charge in [-0.15, -0.1) is 0 Å². The molecule has 1 aliphatic rings. The van der Waals surface area contributed by atoms with Gasteiger partial charge in [0.1, 0.15) is 0 Å². The molecule has 1 fully saturated rings. The summed E-state index contributed by atoms with van der Waals surface area (Å²) in [5.41, 5.74) is 0. The Labute approximate surface area is 102 Å². The van der Waals surface area contributed by atoms with E-state index in [2.05, 4.69) is 41.5 Å². The molecule has 0 aromatic heterocycles. The second-order valence-corrected chi connectivity index (χ2v) is 28.4. The number of rotatable bonds is 0. The van der Waals surface area contributed by atoms with Crippen LogP contribution in [0.3, 0.4) is 0 Å². The van der Waals surface area contributed by atoms with Gasteiger partial charge in [-0.05, 0) is 24.9 Å². The minimum atomic E-state index is -0.261. The van der Waals surface area contributed by atoms with Crippen LogP contribution < -0.4 is 0 Å². The van der Waals surface area contributed by atoms with Crippen LogP contribution >= 0.6 is 50.4 Å². The maximum Gasteiger partial charge on any atom is 0.0520 e. The molecule has 0 radical (unpaired) electrons. The quantitative estimate of drug-likeness (QED) is 0.406. The van der Waals surface area contributed by atoms with Gasteiger partial charge < -0.3 is 0 Å². The highest BCUT2D eigenvalue weighted by Gasteiger charge is 2.57. The molecule has 0 saturated carbocycles. The molecule has 0 bridgehead atoms. The molecule has 1 rings (SSSR count). The maximum absolute atomic E-state index is 6.60. The summed E-state index contributed by atoms with van der Waals surface area (Å²) in [6, 6.07) is 0. The molecule has 1 saturated heterocycles. The van der Waals surface area contributed by atoms with Gasteiger partial charge in [-0.3, -0.25) is 0 Å². The fourth-order valence-electron chi connectivity index (χ4n) is 1.24. The summed E-state index contributed by atoms with van der Waals surface area (Å²) < 4.78 is 0. The van der Waals surface area contributed by atoms with Crippen molar-refractivity contribution in [1.82, 2.24) is 0 Å². The van der Waals surface area contributed by atoms with E-state index < -0.39 is 0 Å². The second-order valence-electron chi connectivity index (χ2n) is 5.40. The minimum Gasteiger partial charge on any atom is -0.0854 e. The summed E-state index contributed by atoms with van der Waals surface area (Å²) in [6.07, 6.45) is 0. The molecule has 6 heteroatoms. The molecule has 0 N–H and O–H groups in total. The van der Waals surface area contributed by atoms with Crippen LogP contribution in [0.5, 0.6) is 0 Å². The predicted octanol–water partition coefficient (Wildman–Crippen LogP) is 7.49. The smallest absolute Gasteiger partial charge is 0.0520 e. The van der Waals surface area contributed by atoms with Crippen molar-refractivity contribution in [2.75, 3.05) is 0 Å². The third-order valence-corrected chi connectivity index (χ3v) is 43.6. The van der Waals surface area contributed by atoms with E-state index in [-0.39, 0.29) is 27.9 Å². The van der Waals surface area contributed by atoms with E-state index in [1.807, 2.05) is 0 Å². The van der Waals surface area contributed by atoms with Gasteiger partial charge in [-0.1, -0.05) is 64.0 Å². The first-order valence-corrected chi connectivity index (χ1v) is 14.6. The normalized spacial score (nSPS) is 39.4. The highest BCUT2D eigenvalue weighted by atomic mass is 35.7. The first-order valence-electron chi connectivity index (χ1n) is 4.59. The van der Waals surface area contributed by atoms with Gasteiger partial charge in [0.15, 0.2) is 0 Å². The predicted molar refractivity (Wildman–Crippen MR) is 78.9 cm³/mol. The van der Waals surface area contributed by atoms with Crippen LogP contribution in [0, 0.1) is 0 Å². The van der Waals surface area contributed by atoms with E-state index in [9.17, 15) is 0 Å². The summed E-state index contributed by atoms with van der Waals surface area (Å²) >= 11 is 13.2. The van der Waals surface area contributed by atoms with Gasteiger partial charge in [-0.2, -0.15) is 0 Å². The van der Waals surface area contributed by atoms with Crippen LogP contribution in [0.25, 0.3) is 0 Å². The van der Waals surface area contributed by atoms with Crippen LogP contribution in [0.15, 0.2) is 0 Å². The molecule has 0 unspecified atom stereocenters. The molecule has 14 heavy (non-hydrogen) atoms. The molecule has 1 aliphatic heterocycles. The molecule has 0 atom stereocenters. The van der Waals surface area contributed by atoms with Gasteiger partial charge in [0.25, 0.3) is 0 Å². The monoisotopic (exact) mass is 308 g/mol. The maximum atomic E-state index is 6.60. The Hall–Kier alpha value is 2.30. The fourth-order valence-corrected chi connectivity index (χ4v) is 58.6. The summed E-state index contributed by atoms with van der Waals surface area (Å²) in [5, 5.41) is 0.723. The zero-order chi connectivity index (χ0) is 11.3. The third kappa shape index (κ3) is 2.76.